The third kappa shape index (κ3) is 5.44. The summed E-state index contributed by atoms with van der Waals surface area (Å²) in [5, 5.41) is 1.59. The van der Waals surface area contributed by atoms with Crippen LogP contribution in [0.5, 0.6) is 0 Å². The minimum atomic E-state index is -6.75. The monoisotopic (exact) mass is 510 g/mol. The summed E-state index contributed by atoms with van der Waals surface area (Å²) in [6, 6.07) is 0. The third-order valence-electron chi connectivity index (χ3n) is 5.13. The minimum absolute atomic E-state index is 0.441. The Kier molecular flexibility index (Phi) is 8.25. The molecule has 0 aromatic heterocycles. The number of carboxylic acids is 1. The van der Waals surface area contributed by atoms with Crippen molar-refractivity contribution in [3.05, 3.63) is 0 Å². The number of carbonyl (C=O) groups is 1. The second-order valence-electron chi connectivity index (χ2n) is 7.45. The molecule has 0 bridgehead atoms. The Hall–Kier alpha value is -1.26. The Balaban J connectivity index is 3.19. The van der Waals surface area contributed by atoms with Gasteiger partial charge in [-0.15, -0.1) is 0 Å². The Bertz CT molecular complexity index is 789. The van der Waals surface area contributed by atoms with Crippen LogP contribution in [0.4, 0.5) is 35.1 Å². The summed E-state index contributed by atoms with van der Waals surface area (Å²) in [5.74, 6) is -9.80. The Morgan fingerprint density at radius 3 is 1.91 bits per heavy atom. The second kappa shape index (κ2) is 9.18. The van der Waals surface area contributed by atoms with Crippen molar-refractivity contribution in [3.8, 4) is 0 Å². The van der Waals surface area contributed by atoms with Crippen molar-refractivity contribution in [2.24, 2.45) is 11.8 Å². The number of aliphatic carboxylic acids is 1. The lowest BCUT2D eigenvalue weighted by atomic mass is 9.81. The molecule has 0 aromatic rings. The highest BCUT2D eigenvalue weighted by Gasteiger charge is 2.75. The molecule has 1 fully saturated rings. The number of rotatable bonds is 10. The first-order valence-electron chi connectivity index (χ1n) is 9.15. The summed E-state index contributed by atoms with van der Waals surface area (Å²) in [5.41, 5.74) is 0. The molecule has 1 N–H and O–H groups in total. The fraction of sp³-hybridized carbons (Fsp3) is 0.938. The maximum absolute atomic E-state index is 14.1. The van der Waals surface area contributed by atoms with Gasteiger partial charge in [-0.25, -0.2) is 4.74 Å². The topological polar surface area (TPSA) is 99.1 Å². The molecule has 0 aliphatic carbocycles. The summed E-state index contributed by atoms with van der Waals surface area (Å²) >= 11 is 0. The van der Waals surface area contributed by atoms with E-state index in [1.807, 2.05) is 0 Å². The Morgan fingerprint density at radius 1 is 0.969 bits per heavy atom. The fourth-order valence-electron chi connectivity index (χ4n) is 3.12. The van der Waals surface area contributed by atoms with E-state index in [0.717, 1.165) is 0 Å². The van der Waals surface area contributed by atoms with E-state index in [9.17, 15) is 48.3 Å². The van der Waals surface area contributed by atoms with E-state index < -0.39 is 76.1 Å². The van der Waals surface area contributed by atoms with Crippen molar-refractivity contribution in [3.63, 3.8) is 0 Å². The van der Waals surface area contributed by atoms with E-state index in [0.29, 0.717) is 6.42 Å². The van der Waals surface area contributed by atoms with Crippen molar-refractivity contribution >= 4 is 16.1 Å². The average molecular weight is 510 g/mol. The SMILES string of the molecule is CC[C@H]1O[C@@H](C)[C@@H](OS(=O)(=O)C(F)(F)C(F)(F)OC(F)(F)C(F)(F)CC(=O)O)[C@@H](C)[C@@H]1C. The molecular weight excluding hydrogens is 488 g/mol. The zero-order valence-corrected chi connectivity index (χ0v) is 17.9. The predicted molar refractivity (Wildman–Crippen MR) is 89.9 cm³/mol. The van der Waals surface area contributed by atoms with Gasteiger partial charge in [-0.2, -0.15) is 43.5 Å². The van der Waals surface area contributed by atoms with Crippen molar-refractivity contribution in [1.82, 2.24) is 0 Å². The van der Waals surface area contributed by atoms with Gasteiger partial charge < -0.3 is 9.84 Å². The first kappa shape index (κ1) is 28.8. The molecule has 1 aliphatic rings. The van der Waals surface area contributed by atoms with Gasteiger partial charge in [0.1, 0.15) is 12.5 Å². The van der Waals surface area contributed by atoms with Crippen molar-refractivity contribution in [1.29, 1.82) is 0 Å². The molecule has 0 saturated carbocycles. The molecule has 1 heterocycles. The largest absolute Gasteiger partial charge is 0.481 e. The lowest BCUT2D eigenvalue weighted by Gasteiger charge is -2.43. The van der Waals surface area contributed by atoms with E-state index in [1.54, 1.807) is 13.8 Å². The fourth-order valence-corrected chi connectivity index (χ4v) is 4.19. The maximum atomic E-state index is 14.1. The van der Waals surface area contributed by atoms with E-state index in [2.05, 4.69) is 8.92 Å². The molecule has 1 rings (SSSR count). The van der Waals surface area contributed by atoms with Crippen LogP contribution in [0, 0.1) is 11.8 Å². The van der Waals surface area contributed by atoms with Crippen LogP contribution in [0.15, 0.2) is 0 Å². The van der Waals surface area contributed by atoms with Crippen LogP contribution in [-0.4, -0.2) is 61.2 Å². The normalized spacial score (nSPS) is 28.6. The average Bonchev–Trinajstić information content (AvgIpc) is 2.59. The summed E-state index contributed by atoms with van der Waals surface area (Å²) < 4.78 is 145. The van der Waals surface area contributed by atoms with Gasteiger partial charge in [0.15, 0.2) is 0 Å². The number of hydrogen-bond acceptors (Lipinski definition) is 6. The van der Waals surface area contributed by atoms with Crippen molar-refractivity contribution < 1.29 is 67.1 Å². The molecule has 16 heteroatoms. The summed E-state index contributed by atoms with van der Waals surface area (Å²) in [6.45, 7) is 5.83. The van der Waals surface area contributed by atoms with Crippen LogP contribution >= 0.6 is 0 Å². The molecule has 1 aliphatic heterocycles. The highest BCUT2D eigenvalue weighted by molar-refractivity contribution is 7.87. The molecule has 0 amide bonds. The van der Waals surface area contributed by atoms with Gasteiger partial charge in [0.2, 0.25) is 0 Å². The van der Waals surface area contributed by atoms with Gasteiger partial charge in [-0.3, -0.25) is 8.98 Å². The number of halogens is 8. The van der Waals surface area contributed by atoms with Gasteiger partial charge in [0.05, 0.1) is 12.2 Å². The van der Waals surface area contributed by atoms with Gasteiger partial charge in [0.25, 0.3) is 0 Å². The molecule has 0 radical (unpaired) electrons. The molecule has 32 heavy (non-hydrogen) atoms. The standard InChI is InChI=1S/C16H22F8O7S/c1-5-10-7(2)8(3)12(9(4)29-10)30-32(27,28)16(23,24)15(21,22)31-14(19,20)13(17,18)6-11(25)26/h7-10,12H,5-6H2,1-4H3,(H,25,26)/t7-,8-,9-,10+,12-/m0/s1. The summed E-state index contributed by atoms with van der Waals surface area (Å²) in [4.78, 5) is 10.2. The minimum Gasteiger partial charge on any atom is -0.481 e. The van der Waals surface area contributed by atoms with Crippen LogP contribution in [0.25, 0.3) is 0 Å². The molecule has 1 saturated heterocycles. The van der Waals surface area contributed by atoms with E-state index in [1.165, 1.54) is 13.8 Å². The van der Waals surface area contributed by atoms with E-state index >= 15 is 0 Å². The van der Waals surface area contributed by atoms with Gasteiger partial charge in [-0.1, -0.05) is 20.8 Å². The lowest BCUT2D eigenvalue weighted by Crippen LogP contribution is -2.58. The third-order valence-corrected chi connectivity index (χ3v) is 6.48. The molecule has 0 unspecified atom stereocenters. The zero-order valence-electron chi connectivity index (χ0n) is 17.1. The van der Waals surface area contributed by atoms with Crippen LogP contribution < -0.4 is 0 Å². The first-order valence-corrected chi connectivity index (χ1v) is 10.6. The smallest absolute Gasteiger partial charge is 0.460 e. The van der Waals surface area contributed by atoms with Gasteiger partial charge in [-0.05, 0) is 25.2 Å². The zero-order chi connectivity index (χ0) is 25.5. The Morgan fingerprint density at radius 2 is 1.47 bits per heavy atom. The lowest BCUT2D eigenvalue weighted by molar-refractivity contribution is -0.456. The highest BCUT2D eigenvalue weighted by atomic mass is 32.2. The molecule has 190 valence electrons. The number of hydrogen-bond donors (Lipinski definition) is 1. The van der Waals surface area contributed by atoms with Crippen molar-refractivity contribution in [2.45, 2.75) is 82.2 Å². The van der Waals surface area contributed by atoms with E-state index in [-0.39, 0.29) is 0 Å². The van der Waals surface area contributed by atoms with Crippen LogP contribution in [0.3, 0.4) is 0 Å². The van der Waals surface area contributed by atoms with E-state index in [4.69, 9.17) is 9.84 Å². The van der Waals surface area contributed by atoms with Gasteiger partial charge >= 0.3 is 39.5 Å². The number of alkyl halides is 8. The van der Waals surface area contributed by atoms with Crippen LogP contribution in [-0.2, 0) is 28.6 Å². The quantitative estimate of drug-likeness (QED) is 0.349. The molecule has 7 nitrogen and oxygen atoms in total. The predicted octanol–water partition coefficient (Wildman–Crippen LogP) is 4.08. The Labute approximate surface area is 178 Å². The molecule has 0 spiro atoms. The van der Waals surface area contributed by atoms with Crippen LogP contribution in [0.2, 0.25) is 0 Å². The molecular formula is C16H22F8O7S. The summed E-state index contributed by atoms with van der Waals surface area (Å²) in [7, 11) is -6.75. The maximum Gasteiger partial charge on any atom is 0.460 e. The number of ether oxygens (including phenoxy) is 2. The molecule has 5 atom stereocenters. The van der Waals surface area contributed by atoms with Gasteiger partial charge in [0, 0.05) is 0 Å². The van der Waals surface area contributed by atoms with Crippen molar-refractivity contribution in [2.75, 3.05) is 0 Å². The first-order chi connectivity index (χ1) is 14.1. The summed E-state index contributed by atoms with van der Waals surface area (Å²) in [6.07, 6.45) is -18.9. The van der Waals surface area contributed by atoms with Crippen LogP contribution in [0.1, 0.15) is 40.5 Å². The second-order valence-corrected chi connectivity index (χ2v) is 9.06. The number of carboxylic acid groups (broad SMARTS) is 1. The highest BCUT2D eigenvalue weighted by Crippen LogP contribution is 2.49. The molecule has 0 aromatic carbocycles.